The summed E-state index contributed by atoms with van der Waals surface area (Å²) in [4.78, 5) is 50.0. The lowest BCUT2D eigenvalue weighted by atomic mass is 10.0. The third-order valence-corrected chi connectivity index (χ3v) is 7.42. The summed E-state index contributed by atoms with van der Waals surface area (Å²) in [7, 11) is 1.56. The third-order valence-electron chi connectivity index (χ3n) is 7.42. The molecule has 0 aromatic heterocycles. The maximum Gasteiger partial charge on any atom is 0.347 e. The van der Waals surface area contributed by atoms with Crippen LogP contribution in [-0.4, -0.2) is 49.8 Å². The molecule has 4 aromatic rings. The van der Waals surface area contributed by atoms with Crippen LogP contribution in [0.1, 0.15) is 69.7 Å². The summed E-state index contributed by atoms with van der Waals surface area (Å²) in [6.07, 6.45) is 2.77. The van der Waals surface area contributed by atoms with Crippen LogP contribution >= 0.6 is 0 Å². The smallest absolute Gasteiger partial charge is 0.347 e. The van der Waals surface area contributed by atoms with Crippen LogP contribution in [0.3, 0.4) is 0 Å². The van der Waals surface area contributed by atoms with Crippen molar-refractivity contribution in [1.29, 1.82) is 0 Å². The SMILES string of the molecule is CCCOc1cc(OC(=O)c2ccc(OC(=O)c3ccc(OC)c4c3OCCC4)cc2OCCC)ccc1C(=O)Oc1ccc([N+](=O)[O-])cc1. The van der Waals surface area contributed by atoms with Crippen LogP contribution in [0, 0.1) is 10.1 Å². The van der Waals surface area contributed by atoms with Gasteiger partial charge < -0.3 is 33.2 Å². The molecule has 0 atom stereocenters. The first-order valence-electron chi connectivity index (χ1n) is 16.0. The number of rotatable bonds is 14. The number of nitro benzene ring substituents is 1. The minimum absolute atomic E-state index is 0.0539. The molecule has 13 nitrogen and oxygen atoms in total. The van der Waals surface area contributed by atoms with Gasteiger partial charge in [-0.3, -0.25) is 10.1 Å². The summed E-state index contributed by atoms with van der Waals surface area (Å²) in [6.45, 7) is 4.79. The van der Waals surface area contributed by atoms with Crippen LogP contribution in [-0.2, 0) is 6.42 Å². The van der Waals surface area contributed by atoms with Gasteiger partial charge in [-0.2, -0.15) is 0 Å². The second-order valence-corrected chi connectivity index (χ2v) is 11.0. The number of benzene rings is 4. The first-order chi connectivity index (χ1) is 24.2. The molecule has 0 saturated heterocycles. The number of carbonyl (C=O) groups is 3. The molecule has 50 heavy (non-hydrogen) atoms. The van der Waals surface area contributed by atoms with Crippen molar-refractivity contribution in [2.75, 3.05) is 26.9 Å². The van der Waals surface area contributed by atoms with Gasteiger partial charge in [-0.15, -0.1) is 0 Å². The average molecular weight is 686 g/mol. The Balaban J connectivity index is 1.34. The molecule has 0 fully saturated rings. The predicted molar refractivity (Wildman–Crippen MR) is 179 cm³/mol. The van der Waals surface area contributed by atoms with E-state index in [-0.39, 0.29) is 64.3 Å². The molecule has 1 aliphatic heterocycles. The van der Waals surface area contributed by atoms with Crippen LogP contribution in [0.15, 0.2) is 72.8 Å². The van der Waals surface area contributed by atoms with Crippen LogP contribution < -0.4 is 33.2 Å². The summed E-state index contributed by atoms with van der Waals surface area (Å²) in [5.41, 5.74) is 1.03. The Morgan fingerprint density at radius 3 is 1.72 bits per heavy atom. The van der Waals surface area contributed by atoms with Crippen molar-refractivity contribution in [3.05, 3.63) is 105 Å². The van der Waals surface area contributed by atoms with Gasteiger partial charge in [0.2, 0.25) is 0 Å². The second kappa shape index (κ2) is 16.3. The van der Waals surface area contributed by atoms with Gasteiger partial charge in [-0.1, -0.05) is 13.8 Å². The largest absolute Gasteiger partial charge is 0.496 e. The first-order valence-corrected chi connectivity index (χ1v) is 16.0. The maximum absolute atomic E-state index is 13.4. The molecule has 0 amide bonds. The zero-order chi connectivity index (χ0) is 35.6. The summed E-state index contributed by atoms with van der Waals surface area (Å²) < 4.78 is 39.6. The number of hydrogen-bond acceptors (Lipinski definition) is 12. The molecular weight excluding hydrogens is 650 g/mol. The Hall–Kier alpha value is -6.11. The Labute approximate surface area is 287 Å². The van der Waals surface area contributed by atoms with Gasteiger partial charge in [-0.25, -0.2) is 14.4 Å². The van der Waals surface area contributed by atoms with Crippen LogP contribution in [0.4, 0.5) is 5.69 Å². The summed E-state index contributed by atoms with van der Waals surface area (Å²) >= 11 is 0. The fourth-order valence-corrected chi connectivity index (χ4v) is 5.04. The van der Waals surface area contributed by atoms with Gasteiger partial charge in [0.15, 0.2) is 0 Å². The van der Waals surface area contributed by atoms with Crippen molar-refractivity contribution in [2.45, 2.75) is 39.5 Å². The summed E-state index contributed by atoms with van der Waals surface area (Å²) in [6, 6.07) is 16.9. The van der Waals surface area contributed by atoms with Crippen molar-refractivity contribution in [1.82, 2.24) is 0 Å². The molecule has 0 radical (unpaired) electrons. The number of methoxy groups -OCH3 is 1. The summed E-state index contributed by atoms with van der Waals surface area (Å²) in [5, 5.41) is 10.9. The topological polar surface area (TPSA) is 159 Å². The Bertz CT molecular complexity index is 1890. The number of nitrogens with zero attached hydrogens (tertiary/aromatic N) is 1. The normalized spacial score (nSPS) is 11.7. The molecular formula is C37H35NO12. The van der Waals surface area contributed by atoms with E-state index in [9.17, 15) is 24.5 Å². The highest BCUT2D eigenvalue weighted by Gasteiger charge is 2.25. The highest BCUT2D eigenvalue weighted by Crippen LogP contribution is 2.37. The van der Waals surface area contributed by atoms with E-state index in [0.29, 0.717) is 37.4 Å². The van der Waals surface area contributed by atoms with Gasteiger partial charge in [0, 0.05) is 29.8 Å². The number of carbonyl (C=O) groups excluding carboxylic acids is 3. The van der Waals surface area contributed by atoms with E-state index in [0.717, 1.165) is 12.0 Å². The van der Waals surface area contributed by atoms with Crippen LogP contribution in [0.5, 0.6) is 40.2 Å². The maximum atomic E-state index is 13.4. The molecule has 0 saturated carbocycles. The summed E-state index contributed by atoms with van der Waals surface area (Å²) in [5.74, 6) is -0.555. The van der Waals surface area contributed by atoms with E-state index < -0.39 is 22.8 Å². The number of nitro groups is 1. The number of esters is 3. The molecule has 0 spiro atoms. The molecule has 1 heterocycles. The van der Waals surface area contributed by atoms with Gasteiger partial charge in [0.1, 0.15) is 56.9 Å². The van der Waals surface area contributed by atoms with Gasteiger partial charge in [0.25, 0.3) is 5.69 Å². The van der Waals surface area contributed by atoms with Crippen LogP contribution in [0.25, 0.3) is 0 Å². The lowest BCUT2D eigenvalue weighted by Gasteiger charge is -2.22. The monoisotopic (exact) mass is 685 g/mol. The minimum atomic E-state index is -0.773. The molecule has 5 rings (SSSR count). The Morgan fingerprint density at radius 2 is 1.20 bits per heavy atom. The van der Waals surface area contributed by atoms with Gasteiger partial charge in [-0.05, 0) is 74.2 Å². The van der Waals surface area contributed by atoms with E-state index in [4.69, 9.17) is 33.2 Å². The number of non-ortho nitro benzene ring substituents is 1. The zero-order valence-electron chi connectivity index (χ0n) is 27.7. The van der Waals surface area contributed by atoms with Crippen molar-refractivity contribution >= 4 is 23.6 Å². The van der Waals surface area contributed by atoms with E-state index in [1.807, 2.05) is 13.8 Å². The fourth-order valence-electron chi connectivity index (χ4n) is 5.04. The zero-order valence-corrected chi connectivity index (χ0v) is 27.7. The van der Waals surface area contributed by atoms with Crippen molar-refractivity contribution in [3.63, 3.8) is 0 Å². The fraction of sp³-hybridized carbons (Fsp3) is 0.270. The molecule has 4 aromatic carbocycles. The van der Waals surface area contributed by atoms with E-state index >= 15 is 0 Å². The molecule has 13 heteroatoms. The molecule has 0 aliphatic carbocycles. The quantitative estimate of drug-likeness (QED) is 0.0571. The highest BCUT2D eigenvalue weighted by molar-refractivity contribution is 5.97. The second-order valence-electron chi connectivity index (χ2n) is 11.0. The first kappa shape index (κ1) is 35.2. The molecule has 0 bridgehead atoms. The third kappa shape index (κ3) is 8.29. The van der Waals surface area contributed by atoms with E-state index in [1.165, 1.54) is 60.7 Å². The predicted octanol–water partition coefficient (Wildman–Crippen LogP) is 7.16. The average Bonchev–Trinajstić information content (AvgIpc) is 3.12. The lowest BCUT2D eigenvalue weighted by Crippen LogP contribution is -2.17. The lowest BCUT2D eigenvalue weighted by molar-refractivity contribution is -0.384. The standard InChI is InChI=1S/C37H35NO12/c1-4-18-45-32-21-25(12-14-28(32)35(39)48-24-10-8-23(9-11-24)38(42)43)49-36(40)29-15-13-26(22-33(29)46-19-5-2)50-37(41)30-16-17-31(44-3)27-7-6-20-47-34(27)30/h8-17,21-22H,4-7,18-20H2,1-3H3. The molecule has 0 N–H and O–H groups in total. The Kier molecular flexibility index (Phi) is 11.5. The highest BCUT2D eigenvalue weighted by atomic mass is 16.6. The van der Waals surface area contributed by atoms with E-state index in [2.05, 4.69) is 0 Å². The number of hydrogen-bond donors (Lipinski definition) is 0. The Morgan fingerprint density at radius 1 is 0.700 bits per heavy atom. The van der Waals surface area contributed by atoms with Crippen molar-refractivity contribution < 1.29 is 52.5 Å². The molecule has 1 aliphatic rings. The van der Waals surface area contributed by atoms with Crippen molar-refractivity contribution in [2.24, 2.45) is 0 Å². The van der Waals surface area contributed by atoms with Crippen molar-refractivity contribution in [3.8, 4) is 40.2 Å². The minimum Gasteiger partial charge on any atom is -0.496 e. The van der Waals surface area contributed by atoms with Crippen LogP contribution in [0.2, 0.25) is 0 Å². The van der Waals surface area contributed by atoms with Gasteiger partial charge in [0.05, 0.1) is 31.9 Å². The van der Waals surface area contributed by atoms with E-state index in [1.54, 1.807) is 19.2 Å². The molecule has 260 valence electrons. The van der Waals surface area contributed by atoms with Gasteiger partial charge >= 0.3 is 17.9 Å². The number of ether oxygens (including phenoxy) is 7. The number of fused-ring (bicyclic) bond motifs is 1. The molecule has 0 unspecified atom stereocenters.